The number of hydrogen-bond acceptors (Lipinski definition) is 3. The first kappa shape index (κ1) is 17.9. The van der Waals surface area contributed by atoms with Crippen LogP contribution in [0.15, 0.2) is 17.0 Å². The van der Waals surface area contributed by atoms with Crippen molar-refractivity contribution in [1.82, 2.24) is 4.31 Å². The van der Waals surface area contributed by atoms with Gasteiger partial charge in [0.15, 0.2) is 0 Å². The molecule has 0 aliphatic rings. The molecule has 1 aromatic rings. The summed E-state index contributed by atoms with van der Waals surface area (Å²) < 4.78 is 62.8. The number of benzene rings is 1. The van der Waals surface area contributed by atoms with Crippen LogP contribution in [0.1, 0.15) is 23.6 Å². The molecule has 0 heterocycles. The Morgan fingerprint density at radius 2 is 1.76 bits per heavy atom. The second-order valence-corrected chi connectivity index (χ2v) is 6.70. The molecule has 0 aromatic heterocycles. The summed E-state index contributed by atoms with van der Waals surface area (Å²) in [4.78, 5) is -0.125. The predicted molar refractivity (Wildman–Crippen MR) is 74.3 cm³/mol. The summed E-state index contributed by atoms with van der Waals surface area (Å²) in [5.41, 5.74) is 7.35. The van der Waals surface area contributed by atoms with Crippen molar-refractivity contribution in [2.75, 3.05) is 13.1 Å². The molecule has 1 aromatic carbocycles. The van der Waals surface area contributed by atoms with E-state index in [1.807, 2.05) is 0 Å². The number of hydrogen-bond donors (Lipinski definition) is 1. The lowest BCUT2D eigenvalue weighted by Gasteiger charge is -2.23. The maximum atomic E-state index is 12.5. The van der Waals surface area contributed by atoms with Crippen molar-refractivity contribution in [2.24, 2.45) is 5.73 Å². The van der Waals surface area contributed by atoms with Gasteiger partial charge in [-0.15, -0.1) is 0 Å². The third kappa shape index (κ3) is 4.18. The van der Waals surface area contributed by atoms with Crippen molar-refractivity contribution < 1.29 is 21.6 Å². The number of alkyl halides is 3. The summed E-state index contributed by atoms with van der Waals surface area (Å²) in [6, 6.07) is 2.98. The number of nitrogens with two attached hydrogens (primary N) is 1. The van der Waals surface area contributed by atoms with Crippen LogP contribution in [0.4, 0.5) is 13.2 Å². The van der Waals surface area contributed by atoms with Crippen LogP contribution in [0.2, 0.25) is 0 Å². The van der Waals surface area contributed by atoms with Crippen LogP contribution in [0.3, 0.4) is 0 Å². The summed E-state index contributed by atoms with van der Waals surface area (Å²) in [6.45, 7) is 3.07. The number of rotatable bonds is 5. The van der Waals surface area contributed by atoms with Crippen LogP contribution >= 0.6 is 0 Å². The Morgan fingerprint density at radius 1 is 1.19 bits per heavy atom. The zero-order chi connectivity index (χ0) is 16.4. The van der Waals surface area contributed by atoms with Gasteiger partial charge in [0, 0.05) is 13.1 Å². The first-order valence-electron chi connectivity index (χ1n) is 6.40. The Hall–Kier alpha value is -1.12. The molecule has 0 unspecified atom stereocenters. The van der Waals surface area contributed by atoms with E-state index in [-0.39, 0.29) is 18.0 Å². The molecule has 0 amide bonds. The number of halogens is 3. The third-order valence-electron chi connectivity index (χ3n) is 3.18. The van der Waals surface area contributed by atoms with Gasteiger partial charge in [0.1, 0.15) is 6.54 Å². The summed E-state index contributed by atoms with van der Waals surface area (Å²) in [7, 11) is -4.21. The molecule has 0 fully saturated rings. The zero-order valence-electron chi connectivity index (χ0n) is 12.2. The maximum absolute atomic E-state index is 12.5. The van der Waals surface area contributed by atoms with Gasteiger partial charge in [0.05, 0.1) is 4.90 Å². The van der Waals surface area contributed by atoms with Gasteiger partial charge in [0.25, 0.3) is 0 Å². The Balaban J connectivity index is 3.35. The lowest BCUT2D eigenvalue weighted by Crippen LogP contribution is -2.39. The zero-order valence-corrected chi connectivity index (χ0v) is 13.0. The second-order valence-electron chi connectivity index (χ2n) is 4.79. The highest BCUT2D eigenvalue weighted by Gasteiger charge is 2.36. The van der Waals surface area contributed by atoms with Crippen LogP contribution < -0.4 is 5.73 Å². The Bertz CT molecular complexity index is 613. The van der Waals surface area contributed by atoms with Gasteiger partial charge in [-0.1, -0.05) is 13.0 Å². The summed E-state index contributed by atoms with van der Waals surface area (Å²) >= 11 is 0. The van der Waals surface area contributed by atoms with Gasteiger partial charge in [-0.2, -0.15) is 17.5 Å². The van der Waals surface area contributed by atoms with Gasteiger partial charge >= 0.3 is 6.18 Å². The summed E-state index contributed by atoms with van der Waals surface area (Å²) in [5.74, 6) is 0. The number of nitrogens with zero attached hydrogens (tertiary/aromatic N) is 1. The van der Waals surface area contributed by atoms with E-state index in [1.54, 1.807) is 19.9 Å². The molecule has 8 heteroatoms. The smallest absolute Gasteiger partial charge is 0.326 e. The molecule has 0 aliphatic heterocycles. The largest absolute Gasteiger partial charge is 0.402 e. The van der Waals surface area contributed by atoms with E-state index in [0.717, 1.165) is 5.56 Å². The molecule has 0 aliphatic carbocycles. The minimum atomic E-state index is -4.58. The molecule has 21 heavy (non-hydrogen) atoms. The first-order valence-corrected chi connectivity index (χ1v) is 7.84. The van der Waals surface area contributed by atoms with Gasteiger partial charge in [-0.05, 0) is 36.6 Å². The highest BCUT2D eigenvalue weighted by molar-refractivity contribution is 7.89. The molecule has 4 nitrogen and oxygen atoms in total. The quantitative estimate of drug-likeness (QED) is 0.904. The number of sulfonamides is 1. The Kier molecular flexibility index (Phi) is 5.40. The van der Waals surface area contributed by atoms with E-state index in [9.17, 15) is 21.6 Å². The fraction of sp³-hybridized carbons (Fsp3) is 0.538. The van der Waals surface area contributed by atoms with E-state index in [4.69, 9.17) is 5.73 Å². The standard InChI is InChI=1S/C13H19F3N2O2S/c1-4-18(8-13(14,15)16)21(19,20)12-6-11(7-17)9(2)5-10(12)3/h5-6H,4,7-8,17H2,1-3H3. The average Bonchev–Trinajstić information content (AvgIpc) is 2.34. The monoisotopic (exact) mass is 324 g/mol. The molecule has 0 atom stereocenters. The summed E-state index contributed by atoms with van der Waals surface area (Å²) in [5, 5.41) is 0. The normalized spacial score (nSPS) is 13.0. The van der Waals surface area contributed by atoms with Crippen molar-refractivity contribution in [1.29, 1.82) is 0 Å². The fourth-order valence-corrected chi connectivity index (χ4v) is 3.77. The lowest BCUT2D eigenvalue weighted by atomic mass is 10.1. The lowest BCUT2D eigenvalue weighted by molar-refractivity contribution is -0.135. The van der Waals surface area contributed by atoms with Gasteiger partial charge < -0.3 is 5.73 Å². The molecule has 0 bridgehead atoms. The van der Waals surface area contributed by atoms with Crippen LogP contribution in [-0.2, 0) is 16.6 Å². The van der Waals surface area contributed by atoms with Crippen molar-refractivity contribution >= 4 is 10.0 Å². The maximum Gasteiger partial charge on any atom is 0.402 e. The molecule has 2 N–H and O–H groups in total. The molecular weight excluding hydrogens is 305 g/mol. The highest BCUT2D eigenvalue weighted by Crippen LogP contribution is 2.26. The van der Waals surface area contributed by atoms with Crippen LogP contribution in [0.5, 0.6) is 0 Å². The third-order valence-corrected chi connectivity index (χ3v) is 5.24. The highest BCUT2D eigenvalue weighted by atomic mass is 32.2. The van der Waals surface area contributed by atoms with Crippen molar-refractivity contribution in [2.45, 2.75) is 38.4 Å². The molecule has 1 rings (SSSR count). The molecule has 0 saturated heterocycles. The number of aryl methyl sites for hydroxylation is 2. The van der Waals surface area contributed by atoms with Crippen molar-refractivity contribution in [3.63, 3.8) is 0 Å². The van der Waals surface area contributed by atoms with E-state index in [0.29, 0.717) is 15.4 Å². The molecular formula is C13H19F3N2O2S. The van der Waals surface area contributed by atoms with E-state index in [2.05, 4.69) is 0 Å². The van der Waals surface area contributed by atoms with E-state index >= 15 is 0 Å². The minimum Gasteiger partial charge on any atom is -0.326 e. The van der Waals surface area contributed by atoms with Crippen LogP contribution in [0, 0.1) is 13.8 Å². The Morgan fingerprint density at radius 3 is 2.19 bits per heavy atom. The molecule has 120 valence electrons. The SMILES string of the molecule is CCN(CC(F)(F)F)S(=O)(=O)c1cc(CN)c(C)cc1C. The predicted octanol–water partition coefficient (Wildman–Crippen LogP) is 2.34. The van der Waals surface area contributed by atoms with E-state index in [1.165, 1.54) is 13.0 Å². The topological polar surface area (TPSA) is 63.4 Å². The first-order chi connectivity index (χ1) is 9.52. The van der Waals surface area contributed by atoms with Gasteiger partial charge in [0.2, 0.25) is 10.0 Å². The van der Waals surface area contributed by atoms with Gasteiger partial charge in [-0.25, -0.2) is 8.42 Å². The van der Waals surface area contributed by atoms with Crippen LogP contribution in [0.25, 0.3) is 0 Å². The molecule has 0 radical (unpaired) electrons. The van der Waals surface area contributed by atoms with E-state index < -0.39 is 22.7 Å². The Labute approximate surface area is 122 Å². The van der Waals surface area contributed by atoms with Crippen molar-refractivity contribution in [3.8, 4) is 0 Å². The summed E-state index contributed by atoms with van der Waals surface area (Å²) in [6.07, 6.45) is -4.58. The fourth-order valence-electron chi connectivity index (χ4n) is 2.08. The molecule has 0 spiro atoms. The van der Waals surface area contributed by atoms with Gasteiger partial charge in [-0.3, -0.25) is 0 Å². The second kappa shape index (κ2) is 6.33. The average molecular weight is 324 g/mol. The minimum absolute atomic E-state index is 0.125. The molecule has 0 saturated carbocycles. The van der Waals surface area contributed by atoms with Crippen LogP contribution in [-0.4, -0.2) is 32.0 Å². The van der Waals surface area contributed by atoms with Crippen molar-refractivity contribution in [3.05, 3.63) is 28.8 Å².